The number of rotatable bonds is 2. The number of ether oxygens (including phenoxy) is 1. The van der Waals surface area contributed by atoms with E-state index in [4.69, 9.17) is 0 Å². The van der Waals surface area contributed by atoms with Crippen molar-refractivity contribution in [2.75, 3.05) is 13.1 Å². The van der Waals surface area contributed by atoms with Gasteiger partial charge in [0.25, 0.3) is 0 Å². The molecule has 0 aromatic rings. The van der Waals surface area contributed by atoms with Crippen molar-refractivity contribution < 1.29 is 13.5 Å². The second kappa shape index (κ2) is 5.69. The molecule has 0 aromatic carbocycles. The van der Waals surface area contributed by atoms with E-state index in [2.05, 4.69) is 10.1 Å². The van der Waals surface area contributed by atoms with E-state index >= 15 is 0 Å². The van der Waals surface area contributed by atoms with Crippen molar-refractivity contribution in [2.45, 2.75) is 25.6 Å². The molecular weight excluding hydrogens is 176 g/mol. The monoisotopic (exact) mass is 187 g/mol. The minimum Gasteiger partial charge on any atom is -0.318 e. The average Bonchev–Trinajstić information content (AvgIpc) is 1.88. The van der Waals surface area contributed by atoms with E-state index in [1.165, 1.54) is 0 Å². The van der Waals surface area contributed by atoms with Crippen LogP contribution in [0.3, 0.4) is 0 Å². The van der Waals surface area contributed by atoms with Gasteiger partial charge in [-0.05, 0) is 19.4 Å². The van der Waals surface area contributed by atoms with E-state index in [1.54, 1.807) is 0 Å². The fraction of sp³-hybridized carbons (Fsp3) is 1.00. The maximum atomic E-state index is 11.6. The third kappa shape index (κ3) is 4.50. The Morgan fingerprint density at radius 2 is 2.18 bits per heavy atom. The summed E-state index contributed by atoms with van der Waals surface area (Å²) in [6.45, 7) is -1.14. The Labute approximate surface area is 70.7 Å². The van der Waals surface area contributed by atoms with Crippen LogP contribution in [0.4, 0.5) is 8.78 Å². The van der Waals surface area contributed by atoms with Crippen molar-refractivity contribution in [1.82, 2.24) is 5.32 Å². The minimum atomic E-state index is -2.62. The van der Waals surface area contributed by atoms with Crippen molar-refractivity contribution >= 4 is 12.4 Å². The number of hydrogen-bond donors (Lipinski definition) is 1. The van der Waals surface area contributed by atoms with E-state index in [0.717, 1.165) is 19.4 Å². The molecule has 0 amide bonds. The molecule has 1 aliphatic rings. The van der Waals surface area contributed by atoms with Gasteiger partial charge in [0.1, 0.15) is 0 Å². The third-order valence-corrected chi connectivity index (χ3v) is 1.55. The maximum absolute atomic E-state index is 11.6. The van der Waals surface area contributed by atoms with Gasteiger partial charge in [0, 0.05) is 6.54 Å². The van der Waals surface area contributed by atoms with Crippen LogP contribution in [0, 0.1) is 0 Å². The normalized spacial score (nSPS) is 24.8. The van der Waals surface area contributed by atoms with Gasteiger partial charge in [-0.1, -0.05) is 0 Å². The van der Waals surface area contributed by atoms with Gasteiger partial charge in [-0.3, -0.25) is 0 Å². The van der Waals surface area contributed by atoms with Crippen molar-refractivity contribution in [1.29, 1.82) is 0 Å². The van der Waals surface area contributed by atoms with Crippen LogP contribution in [0.2, 0.25) is 0 Å². The molecule has 1 rings (SSSR count). The number of halogens is 3. The summed E-state index contributed by atoms with van der Waals surface area (Å²) in [5, 5.41) is 2.98. The SMILES string of the molecule is Cl.FC(F)O[C@@H]1CCCNC1. The quantitative estimate of drug-likeness (QED) is 0.706. The van der Waals surface area contributed by atoms with Crippen LogP contribution in [-0.2, 0) is 4.74 Å². The molecule has 1 fully saturated rings. The van der Waals surface area contributed by atoms with E-state index in [9.17, 15) is 8.78 Å². The Morgan fingerprint density at radius 3 is 2.64 bits per heavy atom. The van der Waals surface area contributed by atoms with Gasteiger partial charge in [-0.2, -0.15) is 8.78 Å². The summed E-state index contributed by atoms with van der Waals surface area (Å²) in [6.07, 6.45) is 1.39. The average molecular weight is 188 g/mol. The molecule has 1 aliphatic heterocycles. The zero-order valence-electron chi connectivity index (χ0n) is 6.06. The summed E-state index contributed by atoms with van der Waals surface area (Å²) >= 11 is 0. The van der Waals surface area contributed by atoms with E-state index in [0.29, 0.717) is 6.54 Å². The Hall–Kier alpha value is 0.0700. The Kier molecular flexibility index (Phi) is 5.72. The van der Waals surface area contributed by atoms with Gasteiger partial charge in [0.05, 0.1) is 6.10 Å². The summed E-state index contributed by atoms with van der Waals surface area (Å²) in [5.74, 6) is 0. The van der Waals surface area contributed by atoms with E-state index in [1.807, 2.05) is 0 Å². The highest BCUT2D eigenvalue weighted by Crippen LogP contribution is 2.09. The maximum Gasteiger partial charge on any atom is 0.345 e. The van der Waals surface area contributed by atoms with Crippen LogP contribution in [0.5, 0.6) is 0 Å². The second-order valence-corrected chi connectivity index (χ2v) is 2.37. The largest absolute Gasteiger partial charge is 0.345 e. The van der Waals surface area contributed by atoms with Crippen molar-refractivity contribution in [3.8, 4) is 0 Å². The summed E-state index contributed by atoms with van der Waals surface area (Å²) in [7, 11) is 0. The van der Waals surface area contributed by atoms with Gasteiger partial charge < -0.3 is 10.1 Å². The molecule has 0 radical (unpaired) electrons. The molecule has 68 valence electrons. The minimum absolute atomic E-state index is 0. The Bertz CT molecular complexity index is 98.6. The van der Waals surface area contributed by atoms with Crippen LogP contribution < -0.4 is 5.32 Å². The first kappa shape index (κ1) is 11.1. The van der Waals surface area contributed by atoms with E-state index in [-0.39, 0.29) is 18.5 Å². The molecule has 0 unspecified atom stereocenters. The lowest BCUT2D eigenvalue weighted by Gasteiger charge is -2.22. The lowest BCUT2D eigenvalue weighted by Crippen LogP contribution is -2.36. The van der Waals surface area contributed by atoms with Crippen LogP contribution in [0.1, 0.15) is 12.8 Å². The first-order chi connectivity index (χ1) is 4.79. The number of nitrogens with one attached hydrogen (secondary N) is 1. The van der Waals surface area contributed by atoms with Crippen LogP contribution in [0.25, 0.3) is 0 Å². The fourth-order valence-corrected chi connectivity index (χ4v) is 1.08. The lowest BCUT2D eigenvalue weighted by molar-refractivity contribution is -0.165. The predicted octanol–water partition coefficient (Wildman–Crippen LogP) is 1.40. The number of hydrogen-bond acceptors (Lipinski definition) is 2. The summed E-state index contributed by atoms with van der Waals surface area (Å²) in [4.78, 5) is 0. The molecule has 0 saturated carbocycles. The fourth-order valence-electron chi connectivity index (χ4n) is 1.08. The molecule has 1 N–H and O–H groups in total. The van der Waals surface area contributed by atoms with Gasteiger partial charge >= 0.3 is 6.61 Å². The van der Waals surface area contributed by atoms with Crippen molar-refractivity contribution in [3.05, 3.63) is 0 Å². The highest BCUT2D eigenvalue weighted by Gasteiger charge is 2.16. The standard InChI is InChI=1S/C6H11F2NO.ClH/c7-6(8)10-5-2-1-3-9-4-5;/h5-6,9H,1-4H2;1H/t5-;/m1./s1. The molecule has 0 aromatic heterocycles. The number of piperidine rings is 1. The molecule has 0 bridgehead atoms. The van der Waals surface area contributed by atoms with Crippen molar-refractivity contribution in [3.63, 3.8) is 0 Å². The molecule has 1 atom stereocenters. The van der Waals surface area contributed by atoms with Gasteiger partial charge in [-0.15, -0.1) is 12.4 Å². The highest BCUT2D eigenvalue weighted by atomic mass is 35.5. The smallest absolute Gasteiger partial charge is 0.318 e. The summed E-state index contributed by atoms with van der Waals surface area (Å²) in [6, 6.07) is 0. The number of alkyl halides is 2. The predicted molar refractivity (Wildman–Crippen MR) is 40.2 cm³/mol. The summed E-state index contributed by atoms with van der Waals surface area (Å²) < 4.78 is 27.4. The first-order valence-electron chi connectivity index (χ1n) is 3.43. The molecule has 0 aliphatic carbocycles. The third-order valence-electron chi connectivity index (χ3n) is 1.55. The molecule has 11 heavy (non-hydrogen) atoms. The molecule has 1 heterocycles. The van der Waals surface area contributed by atoms with Gasteiger partial charge in [0.2, 0.25) is 0 Å². The molecule has 1 saturated heterocycles. The van der Waals surface area contributed by atoms with Gasteiger partial charge in [0.15, 0.2) is 0 Å². The first-order valence-corrected chi connectivity index (χ1v) is 3.43. The summed E-state index contributed by atoms with van der Waals surface area (Å²) in [5.41, 5.74) is 0. The van der Waals surface area contributed by atoms with Crippen LogP contribution >= 0.6 is 12.4 Å². The Balaban J connectivity index is 0.000001000. The van der Waals surface area contributed by atoms with Crippen LogP contribution in [0.15, 0.2) is 0 Å². The lowest BCUT2D eigenvalue weighted by atomic mass is 10.1. The molecule has 5 heteroatoms. The Morgan fingerprint density at radius 1 is 1.45 bits per heavy atom. The van der Waals surface area contributed by atoms with Gasteiger partial charge in [-0.25, -0.2) is 0 Å². The molecule has 2 nitrogen and oxygen atoms in total. The zero-order chi connectivity index (χ0) is 7.40. The van der Waals surface area contributed by atoms with E-state index < -0.39 is 6.61 Å². The second-order valence-electron chi connectivity index (χ2n) is 2.37. The highest BCUT2D eigenvalue weighted by molar-refractivity contribution is 5.85. The molecular formula is C6H12ClF2NO. The van der Waals surface area contributed by atoms with Crippen molar-refractivity contribution in [2.24, 2.45) is 0 Å². The van der Waals surface area contributed by atoms with Crippen LogP contribution in [-0.4, -0.2) is 25.8 Å². The zero-order valence-corrected chi connectivity index (χ0v) is 6.87. The molecule has 0 spiro atoms. The topological polar surface area (TPSA) is 21.3 Å².